The zero-order valence-corrected chi connectivity index (χ0v) is 12.5. The Balaban J connectivity index is 1.98. The minimum Gasteiger partial charge on any atom is -0.388 e. The van der Waals surface area contributed by atoms with Crippen LogP contribution in [0.15, 0.2) is 10.8 Å². The summed E-state index contributed by atoms with van der Waals surface area (Å²) < 4.78 is 6.04. The predicted octanol–water partition coefficient (Wildman–Crippen LogP) is 1.41. The minimum atomic E-state index is -0.848. The Morgan fingerprint density at radius 1 is 1.63 bits per heavy atom. The van der Waals surface area contributed by atoms with Crippen LogP contribution in [0.2, 0.25) is 0 Å². The van der Waals surface area contributed by atoms with Crippen molar-refractivity contribution in [3.8, 4) is 0 Å². The molecule has 2 heterocycles. The van der Waals surface area contributed by atoms with Crippen LogP contribution in [-0.4, -0.2) is 40.4 Å². The van der Waals surface area contributed by atoms with Crippen LogP contribution in [0.5, 0.6) is 0 Å². The van der Waals surface area contributed by atoms with E-state index in [1.807, 2.05) is 6.92 Å². The lowest BCUT2D eigenvalue weighted by atomic mass is 9.85. The van der Waals surface area contributed by atoms with E-state index in [1.54, 1.807) is 0 Å². The normalized spacial score (nSPS) is 22.8. The number of aromatic nitrogens is 2. The van der Waals surface area contributed by atoms with Crippen molar-refractivity contribution in [3.63, 3.8) is 0 Å². The molecule has 0 saturated carbocycles. The summed E-state index contributed by atoms with van der Waals surface area (Å²) in [5.41, 5.74) is 4.83. The summed E-state index contributed by atoms with van der Waals surface area (Å²) in [7, 11) is 0. The quantitative estimate of drug-likeness (QED) is 0.772. The SMILES string of the molecule is CC(O)(CNc1ncnc(N)c1Br)C1CCCOC1. The first-order chi connectivity index (χ1) is 9.00. The van der Waals surface area contributed by atoms with Gasteiger partial charge in [-0.05, 0) is 35.7 Å². The second-order valence-corrected chi connectivity index (χ2v) is 5.84. The lowest BCUT2D eigenvalue weighted by molar-refractivity contribution is -0.0598. The molecule has 1 saturated heterocycles. The number of halogens is 1. The van der Waals surface area contributed by atoms with Crippen LogP contribution >= 0.6 is 15.9 Å². The second-order valence-electron chi connectivity index (χ2n) is 5.05. The summed E-state index contributed by atoms with van der Waals surface area (Å²) in [6, 6.07) is 0. The van der Waals surface area contributed by atoms with Gasteiger partial charge >= 0.3 is 0 Å². The molecule has 1 aromatic rings. The molecule has 1 aliphatic heterocycles. The molecule has 0 radical (unpaired) electrons. The molecule has 2 rings (SSSR count). The first kappa shape index (κ1) is 14.5. The first-order valence-electron chi connectivity index (χ1n) is 6.30. The van der Waals surface area contributed by atoms with E-state index in [4.69, 9.17) is 10.5 Å². The third-order valence-corrected chi connectivity index (χ3v) is 4.25. The van der Waals surface area contributed by atoms with Crippen molar-refractivity contribution in [1.82, 2.24) is 9.97 Å². The summed E-state index contributed by atoms with van der Waals surface area (Å²) in [4.78, 5) is 7.97. The number of nitrogens with two attached hydrogens (primary N) is 1. The van der Waals surface area contributed by atoms with Gasteiger partial charge in [-0.2, -0.15) is 0 Å². The monoisotopic (exact) mass is 330 g/mol. The predicted molar refractivity (Wildman–Crippen MR) is 76.8 cm³/mol. The molecule has 6 nitrogen and oxygen atoms in total. The highest BCUT2D eigenvalue weighted by molar-refractivity contribution is 9.10. The number of ether oxygens (including phenoxy) is 1. The van der Waals surface area contributed by atoms with Crippen LogP contribution in [0.4, 0.5) is 11.6 Å². The standard InChI is InChI=1S/C12H19BrN4O2/c1-12(18,8-3-2-4-19-5-8)6-15-11-9(13)10(14)16-7-17-11/h7-8,18H,2-6H2,1H3,(H3,14,15,16,17). The van der Waals surface area contributed by atoms with Gasteiger partial charge in [0.2, 0.25) is 0 Å². The fraction of sp³-hybridized carbons (Fsp3) is 0.667. The highest BCUT2D eigenvalue weighted by Crippen LogP contribution is 2.28. The molecule has 0 amide bonds. The third kappa shape index (κ3) is 3.55. The Labute approximate surface area is 120 Å². The molecule has 106 valence electrons. The van der Waals surface area contributed by atoms with E-state index in [0.29, 0.717) is 29.3 Å². The maximum absolute atomic E-state index is 10.5. The fourth-order valence-electron chi connectivity index (χ4n) is 2.14. The van der Waals surface area contributed by atoms with Gasteiger partial charge in [-0.15, -0.1) is 0 Å². The zero-order chi connectivity index (χ0) is 13.9. The lowest BCUT2D eigenvalue weighted by Crippen LogP contribution is -2.45. The van der Waals surface area contributed by atoms with Gasteiger partial charge in [0.1, 0.15) is 22.4 Å². The largest absolute Gasteiger partial charge is 0.388 e. The summed E-state index contributed by atoms with van der Waals surface area (Å²) in [6.45, 7) is 3.59. The van der Waals surface area contributed by atoms with Gasteiger partial charge in [0.25, 0.3) is 0 Å². The van der Waals surface area contributed by atoms with Crippen LogP contribution < -0.4 is 11.1 Å². The molecular weight excluding hydrogens is 312 g/mol. The molecule has 1 fully saturated rings. The summed E-state index contributed by atoms with van der Waals surface area (Å²) >= 11 is 3.33. The number of nitrogens with one attached hydrogen (secondary N) is 1. The molecule has 2 atom stereocenters. The Morgan fingerprint density at radius 2 is 2.42 bits per heavy atom. The smallest absolute Gasteiger partial charge is 0.146 e. The van der Waals surface area contributed by atoms with Gasteiger partial charge in [0.15, 0.2) is 0 Å². The van der Waals surface area contributed by atoms with Crippen LogP contribution in [0, 0.1) is 5.92 Å². The van der Waals surface area contributed by atoms with Crippen LogP contribution in [-0.2, 0) is 4.74 Å². The van der Waals surface area contributed by atoms with E-state index in [-0.39, 0.29) is 5.92 Å². The zero-order valence-electron chi connectivity index (χ0n) is 10.9. The summed E-state index contributed by atoms with van der Waals surface area (Å²) in [5.74, 6) is 1.09. The Bertz CT molecular complexity index is 436. The van der Waals surface area contributed by atoms with E-state index in [1.165, 1.54) is 6.33 Å². The summed E-state index contributed by atoms with van der Waals surface area (Å²) in [6.07, 6.45) is 3.35. The van der Waals surface area contributed by atoms with E-state index in [9.17, 15) is 5.11 Å². The average Bonchev–Trinajstić information content (AvgIpc) is 2.41. The average molecular weight is 331 g/mol. The third-order valence-electron chi connectivity index (χ3n) is 3.47. The van der Waals surface area contributed by atoms with Gasteiger partial charge in [-0.3, -0.25) is 0 Å². The van der Waals surface area contributed by atoms with Crippen LogP contribution in [0.1, 0.15) is 19.8 Å². The first-order valence-corrected chi connectivity index (χ1v) is 7.10. The van der Waals surface area contributed by atoms with Crippen molar-refractivity contribution in [2.75, 3.05) is 30.8 Å². The molecule has 4 N–H and O–H groups in total. The van der Waals surface area contributed by atoms with Crippen molar-refractivity contribution in [3.05, 3.63) is 10.8 Å². The van der Waals surface area contributed by atoms with Gasteiger partial charge in [0, 0.05) is 19.1 Å². The number of hydrogen-bond donors (Lipinski definition) is 3. The maximum atomic E-state index is 10.5. The van der Waals surface area contributed by atoms with E-state index in [0.717, 1.165) is 19.4 Å². The van der Waals surface area contributed by atoms with Crippen molar-refractivity contribution in [2.45, 2.75) is 25.4 Å². The molecule has 19 heavy (non-hydrogen) atoms. The number of nitrogen functional groups attached to an aromatic ring is 1. The molecule has 0 spiro atoms. The molecular formula is C12H19BrN4O2. The van der Waals surface area contributed by atoms with Crippen molar-refractivity contribution in [2.24, 2.45) is 5.92 Å². The lowest BCUT2D eigenvalue weighted by Gasteiger charge is -2.35. The molecule has 1 aromatic heterocycles. The minimum absolute atomic E-state index is 0.131. The highest BCUT2D eigenvalue weighted by Gasteiger charge is 2.33. The van der Waals surface area contributed by atoms with Crippen molar-refractivity contribution >= 4 is 27.6 Å². The van der Waals surface area contributed by atoms with E-state index >= 15 is 0 Å². The van der Waals surface area contributed by atoms with E-state index in [2.05, 4.69) is 31.2 Å². The second kappa shape index (κ2) is 6.02. The highest BCUT2D eigenvalue weighted by atomic mass is 79.9. The van der Waals surface area contributed by atoms with Crippen LogP contribution in [0.3, 0.4) is 0 Å². The Morgan fingerprint density at radius 3 is 3.11 bits per heavy atom. The van der Waals surface area contributed by atoms with Gasteiger partial charge in [-0.25, -0.2) is 9.97 Å². The number of anilines is 2. The molecule has 0 bridgehead atoms. The fourth-order valence-corrected chi connectivity index (χ4v) is 2.49. The molecule has 2 unspecified atom stereocenters. The van der Waals surface area contributed by atoms with Gasteiger partial charge < -0.3 is 20.9 Å². The number of nitrogens with zero attached hydrogens (tertiary/aromatic N) is 2. The Hall–Kier alpha value is -0.920. The summed E-state index contributed by atoms with van der Waals surface area (Å²) in [5, 5.41) is 13.6. The van der Waals surface area contributed by atoms with Crippen LogP contribution in [0.25, 0.3) is 0 Å². The van der Waals surface area contributed by atoms with Crippen molar-refractivity contribution < 1.29 is 9.84 Å². The van der Waals surface area contributed by atoms with Crippen molar-refractivity contribution in [1.29, 1.82) is 0 Å². The topological polar surface area (TPSA) is 93.3 Å². The number of rotatable bonds is 4. The van der Waals surface area contributed by atoms with E-state index < -0.39 is 5.60 Å². The maximum Gasteiger partial charge on any atom is 0.146 e. The van der Waals surface area contributed by atoms with Gasteiger partial charge in [0.05, 0.1) is 12.2 Å². The molecule has 0 aromatic carbocycles. The molecule has 1 aliphatic rings. The van der Waals surface area contributed by atoms with Gasteiger partial charge in [-0.1, -0.05) is 0 Å². The molecule has 0 aliphatic carbocycles. The molecule has 7 heteroatoms. The Kier molecular flexibility index (Phi) is 4.59. The number of aliphatic hydroxyl groups is 1. The number of hydrogen-bond acceptors (Lipinski definition) is 6.